The summed E-state index contributed by atoms with van der Waals surface area (Å²) in [4.78, 5) is 25.8. The second-order valence-electron chi connectivity index (χ2n) is 12.6. The van der Waals surface area contributed by atoms with Gasteiger partial charge < -0.3 is 19.3 Å². The fourth-order valence-electron chi connectivity index (χ4n) is 3.85. The van der Waals surface area contributed by atoms with Gasteiger partial charge in [-0.1, -0.05) is 20.8 Å². The lowest BCUT2D eigenvalue weighted by atomic mass is 9.75. The Kier molecular flexibility index (Phi) is 9.42. The Morgan fingerprint density at radius 2 is 1.56 bits per heavy atom. The minimum absolute atomic E-state index is 0.0320. The molecule has 1 saturated heterocycles. The Labute approximate surface area is 197 Å². The van der Waals surface area contributed by atoms with Crippen LogP contribution in [0.1, 0.15) is 88.5 Å². The Balaban J connectivity index is 3.14. The van der Waals surface area contributed by atoms with Gasteiger partial charge in [0.2, 0.25) is 0 Å². The maximum Gasteiger partial charge on any atom is 0.407 e. The summed E-state index contributed by atoms with van der Waals surface area (Å²) in [7, 11) is -1.45. The SMILES string of the molecule is CC(CCC1(C(=O)OC(C)(C)C)CC(C(C)(C)C)CN1O[SiH](C)C)NC(=O)OC(C)(C)C. The number of carbonyl (C=O) groups is 2. The molecule has 0 aromatic heterocycles. The van der Waals surface area contributed by atoms with E-state index in [0.717, 1.165) is 0 Å². The standard InChI is InChI=1S/C24H48N2O5Si/c1-17(25-20(28)30-23(8,9)10)13-14-24(19(27)29-22(5,6)7)15-18(21(2,3)4)16-26(24)31-32(11)12/h17-18,32H,13-16H2,1-12H3,(H,25,28). The molecule has 0 spiro atoms. The molecule has 3 atom stereocenters. The highest BCUT2D eigenvalue weighted by Gasteiger charge is 2.56. The highest BCUT2D eigenvalue weighted by atomic mass is 28.3. The van der Waals surface area contributed by atoms with Crippen LogP contribution in [0, 0.1) is 11.3 Å². The fourth-order valence-corrected chi connectivity index (χ4v) is 4.65. The van der Waals surface area contributed by atoms with Crippen LogP contribution in [0.5, 0.6) is 0 Å². The van der Waals surface area contributed by atoms with Crippen LogP contribution in [0.4, 0.5) is 4.79 Å². The third kappa shape index (κ3) is 9.02. The second-order valence-corrected chi connectivity index (χ2v) is 14.9. The first kappa shape index (κ1) is 28.9. The largest absolute Gasteiger partial charge is 0.459 e. The van der Waals surface area contributed by atoms with Crippen LogP contribution >= 0.6 is 0 Å². The number of carbonyl (C=O) groups excluding carboxylic acids is 2. The minimum Gasteiger partial charge on any atom is -0.459 e. The van der Waals surface area contributed by atoms with Crippen molar-refractivity contribution >= 4 is 21.1 Å². The molecule has 0 bridgehead atoms. The van der Waals surface area contributed by atoms with Gasteiger partial charge in [-0.2, -0.15) is 5.06 Å². The summed E-state index contributed by atoms with van der Waals surface area (Å²) >= 11 is 0. The lowest BCUT2D eigenvalue weighted by Gasteiger charge is -2.39. The van der Waals surface area contributed by atoms with Crippen molar-refractivity contribution in [1.82, 2.24) is 10.4 Å². The van der Waals surface area contributed by atoms with E-state index in [1.807, 2.05) is 53.5 Å². The molecule has 0 aliphatic carbocycles. The van der Waals surface area contributed by atoms with Crippen molar-refractivity contribution in [2.45, 2.75) is 124 Å². The van der Waals surface area contributed by atoms with Gasteiger partial charge in [0.05, 0.1) is 0 Å². The molecule has 1 rings (SSSR count). The molecule has 0 radical (unpaired) electrons. The molecule has 8 heteroatoms. The molecule has 1 aliphatic heterocycles. The van der Waals surface area contributed by atoms with Crippen LogP contribution in [0.2, 0.25) is 13.1 Å². The highest BCUT2D eigenvalue weighted by molar-refractivity contribution is 6.48. The second kappa shape index (κ2) is 10.4. The van der Waals surface area contributed by atoms with E-state index in [4.69, 9.17) is 14.0 Å². The number of hydrogen-bond acceptors (Lipinski definition) is 6. The molecule has 0 aromatic rings. The van der Waals surface area contributed by atoms with Crippen LogP contribution in [0.25, 0.3) is 0 Å². The van der Waals surface area contributed by atoms with Crippen molar-refractivity contribution < 1.29 is 23.6 Å². The molecule has 0 saturated carbocycles. The van der Waals surface area contributed by atoms with Crippen LogP contribution in [0.15, 0.2) is 0 Å². The van der Waals surface area contributed by atoms with Crippen molar-refractivity contribution in [3.63, 3.8) is 0 Å². The van der Waals surface area contributed by atoms with Crippen molar-refractivity contribution in [2.75, 3.05) is 6.54 Å². The molecule has 1 aliphatic rings. The van der Waals surface area contributed by atoms with E-state index < -0.39 is 31.9 Å². The topological polar surface area (TPSA) is 77.1 Å². The number of hydroxylamine groups is 2. The number of amides is 1. The first-order valence-corrected chi connectivity index (χ1v) is 14.7. The number of nitrogens with one attached hydrogen (secondary N) is 1. The third-order valence-corrected chi connectivity index (χ3v) is 6.22. The number of rotatable bonds is 7. The zero-order valence-corrected chi connectivity index (χ0v) is 23.7. The van der Waals surface area contributed by atoms with E-state index in [1.54, 1.807) is 0 Å². The maximum absolute atomic E-state index is 13.6. The van der Waals surface area contributed by atoms with Gasteiger partial charge in [0.25, 0.3) is 0 Å². The average molecular weight is 473 g/mol. The predicted octanol–water partition coefficient (Wildman–Crippen LogP) is 5.04. The number of hydrogen-bond donors (Lipinski definition) is 1. The maximum atomic E-state index is 13.6. The molecule has 3 unspecified atom stereocenters. The lowest BCUT2D eigenvalue weighted by molar-refractivity contribution is -0.192. The Hall–Kier alpha value is -1.12. The van der Waals surface area contributed by atoms with E-state index in [-0.39, 0.29) is 23.3 Å². The van der Waals surface area contributed by atoms with Gasteiger partial charge in [-0.05, 0) is 92.2 Å². The molecule has 1 heterocycles. The molecule has 7 nitrogen and oxygen atoms in total. The zero-order valence-electron chi connectivity index (χ0n) is 22.5. The summed E-state index contributed by atoms with van der Waals surface area (Å²) in [5.41, 5.74) is -1.98. The van der Waals surface area contributed by atoms with E-state index >= 15 is 0 Å². The van der Waals surface area contributed by atoms with Crippen molar-refractivity contribution in [2.24, 2.45) is 11.3 Å². The van der Waals surface area contributed by atoms with Gasteiger partial charge in [-0.25, -0.2) is 9.59 Å². The lowest BCUT2D eigenvalue weighted by Crippen LogP contribution is -2.54. The smallest absolute Gasteiger partial charge is 0.407 e. The summed E-state index contributed by atoms with van der Waals surface area (Å²) in [6.07, 6.45) is 1.37. The molecular weight excluding hydrogens is 424 g/mol. The normalized spacial score (nSPS) is 23.8. The molecule has 32 heavy (non-hydrogen) atoms. The van der Waals surface area contributed by atoms with Crippen molar-refractivity contribution in [3.8, 4) is 0 Å². The van der Waals surface area contributed by atoms with Crippen molar-refractivity contribution in [3.05, 3.63) is 0 Å². The summed E-state index contributed by atoms with van der Waals surface area (Å²) in [5.74, 6) is 0.0488. The summed E-state index contributed by atoms with van der Waals surface area (Å²) in [6, 6.07) is -0.156. The fraction of sp³-hybridized carbons (Fsp3) is 0.917. The molecule has 1 amide bonds. The highest BCUT2D eigenvalue weighted by Crippen LogP contribution is 2.46. The molecular formula is C24H48N2O5Si. The van der Waals surface area contributed by atoms with E-state index in [1.165, 1.54) is 0 Å². The van der Waals surface area contributed by atoms with Crippen LogP contribution in [-0.2, 0) is 18.8 Å². The molecule has 1 fully saturated rings. The van der Waals surface area contributed by atoms with Gasteiger partial charge in [-0.3, -0.25) is 0 Å². The number of alkyl carbamates (subject to hydrolysis) is 1. The Bertz CT molecular complexity index is 648. The first-order chi connectivity index (χ1) is 14.2. The predicted molar refractivity (Wildman–Crippen MR) is 131 cm³/mol. The third-order valence-electron chi connectivity index (χ3n) is 5.54. The van der Waals surface area contributed by atoms with Gasteiger partial charge in [0.15, 0.2) is 9.04 Å². The van der Waals surface area contributed by atoms with E-state index in [9.17, 15) is 9.59 Å². The molecule has 0 aromatic carbocycles. The van der Waals surface area contributed by atoms with Gasteiger partial charge in [-0.15, -0.1) is 0 Å². The summed E-state index contributed by atoms with van der Waals surface area (Å²) in [6.45, 7) is 24.7. The molecule has 1 N–H and O–H groups in total. The van der Waals surface area contributed by atoms with Gasteiger partial charge in [0, 0.05) is 12.6 Å². The van der Waals surface area contributed by atoms with Crippen LogP contribution in [-0.4, -0.2) is 55.5 Å². The number of nitrogens with zero attached hydrogens (tertiary/aromatic N) is 1. The van der Waals surface area contributed by atoms with E-state index in [0.29, 0.717) is 25.8 Å². The summed E-state index contributed by atoms with van der Waals surface area (Å²) < 4.78 is 17.6. The van der Waals surface area contributed by atoms with Crippen LogP contribution in [0.3, 0.4) is 0 Å². The zero-order chi connectivity index (χ0) is 25.1. The quantitative estimate of drug-likeness (QED) is 0.413. The number of ether oxygens (including phenoxy) is 2. The molecule has 188 valence electrons. The summed E-state index contributed by atoms with van der Waals surface area (Å²) in [5, 5.41) is 4.82. The van der Waals surface area contributed by atoms with Crippen molar-refractivity contribution in [1.29, 1.82) is 0 Å². The Morgan fingerprint density at radius 1 is 1.03 bits per heavy atom. The van der Waals surface area contributed by atoms with Crippen LogP contribution < -0.4 is 5.32 Å². The average Bonchev–Trinajstić information content (AvgIpc) is 2.88. The van der Waals surface area contributed by atoms with Gasteiger partial charge >= 0.3 is 12.1 Å². The van der Waals surface area contributed by atoms with E-state index in [2.05, 4.69) is 39.2 Å². The van der Waals surface area contributed by atoms with Gasteiger partial charge in [0.1, 0.15) is 16.7 Å². The Morgan fingerprint density at radius 3 is 2.00 bits per heavy atom. The first-order valence-electron chi connectivity index (χ1n) is 11.9. The number of esters is 1. The minimum atomic E-state index is -1.45. The monoisotopic (exact) mass is 472 g/mol.